The van der Waals surface area contributed by atoms with E-state index in [9.17, 15) is 4.79 Å². The number of rotatable bonds is 8. The number of aromatic nitrogens is 3. The minimum absolute atomic E-state index is 0.214. The third-order valence-electron chi connectivity index (χ3n) is 4.50. The maximum absolute atomic E-state index is 12.4. The smallest absolute Gasteiger partial charge is 0.168 e. The van der Waals surface area contributed by atoms with Crippen molar-refractivity contribution in [3.63, 3.8) is 0 Å². The Morgan fingerprint density at radius 2 is 1.93 bits per heavy atom. The van der Waals surface area contributed by atoms with Gasteiger partial charge in [0.15, 0.2) is 5.16 Å². The van der Waals surface area contributed by atoms with Crippen LogP contribution in [0, 0.1) is 0 Å². The molecule has 0 atom stereocenters. The van der Waals surface area contributed by atoms with Crippen molar-refractivity contribution in [2.75, 3.05) is 5.75 Å². The Labute approximate surface area is 165 Å². The summed E-state index contributed by atoms with van der Waals surface area (Å²) >= 11 is 1.50. The fraction of sp³-hybridized carbons (Fsp3) is 0.318. The van der Waals surface area contributed by atoms with E-state index in [1.807, 2.05) is 24.5 Å². The molecular weight excluding hydrogens is 354 g/mol. The van der Waals surface area contributed by atoms with Gasteiger partial charge in [0.25, 0.3) is 0 Å². The maximum atomic E-state index is 12.4. The molecule has 0 radical (unpaired) electrons. The van der Waals surface area contributed by atoms with E-state index in [0.29, 0.717) is 18.1 Å². The molecule has 0 spiro atoms. The van der Waals surface area contributed by atoms with Crippen LogP contribution in [0.25, 0.3) is 11.3 Å². The van der Waals surface area contributed by atoms with E-state index in [1.54, 1.807) is 6.20 Å². The highest BCUT2D eigenvalue weighted by atomic mass is 32.2. The third kappa shape index (κ3) is 4.86. The summed E-state index contributed by atoms with van der Waals surface area (Å²) in [6, 6.07) is 12.3. The van der Waals surface area contributed by atoms with Gasteiger partial charge in [-0.3, -0.25) is 9.78 Å². The van der Waals surface area contributed by atoms with Crippen LogP contribution in [0.4, 0.5) is 0 Å². The lowest BCUT2D eigenvalue weighted by Crippen LogP contribution is -2.07. The highest BCUT2D eigenvalue weighted by Gasteiger charge is 2.13. The number of imidazole rings is 1. The van der Waals surface area contributed by atoms with Crippen LogP contribution in [0.3, 0.4) is 0 Å². The van der Waals surface area contributed by atoms with Crippen LogP contribution in [0.5, 0.6) is 0 Å². The van der Waals surface area contributed by atoms with Crippen molar-refractivity contribution >= 4 is 17.5 Å². The van der Waals surface area contributed by atoms with Gasteiger partial charge in [0.1, 0.15) is 5.78 Å². The Morgan fingerprint density at radius 1 is 1.15 bits per heavy atom. The SMILES string of the molecule is CCn1c(-c2cccnc2)cnc1SCC(=O)Cc1ccc(C(C)C)cc1. The summed E-state index contributed by atoms with van der Waals surface area (Å²) < 4.78 is 2.13. The lowest BCUT2D eigenvalue weighted by Gasteiger charge is -2.09. The molecule has 0 fully saturated rings. The largest absolute Gasteiger partial charge is 0.319 e. The van der Waals surface area contributed by atoms with Crippen LogP contribution in [-0.2, 0) is 17.8 Å². The molecule has 0 aliphatic rings. The first-order chi connectivity index (χ1) is 13.1. The number of ketones is 1. The van der Waals surface area contributed by atoms with Crippen molar-refractivity contribution in [3.8, 4) is 11.3 Å². The first-order valence-corrected chi connectivity index (χ1v) is 10.3. The molecule has 0 saturated carbocycles. The molecule has 3 aromatic rings. The Hall–Kier alpha value is -2.40. The molecular formula is C22H25N3OS. The second-order valence-electron chi connectivity index (χ2n) is 6.81. The molecule has 0 saturated heterocycles. The minimum Gasteiger partial charge on any atom is -0.319 e. The zero-order valence-corrected chi connectivity index (χ0v) is 16.9. The molecule has 27 heavy (non-hydrogen) atoms. The van der Waals surface area contributed by atoms with Gasteiger partial charge in [-0.15, -0.1) is 0 Å². The van der Waals surface area contributed by atoms with Crippen molar-refractivity contribution in [1.29, 1.82) is 0 Å². The molecule has 0 unspecified atom stereocenters. The van der Waals surface area contributed by atoms with Gasteiger partial charge in [-0.1, -0.05) is 49.9 Å². The predicted molar refractivity (Wildman–Crippen MR) is 111 cm³/mol. The zero-order valence-electron chi connectivity index (χ0n) is 16.1. The summed E-state index contributed by atoms with van der Waals surface area (Å²) in [5.74, 6) is 1.15. The maximum Gasteiger partial charge on any atom is 0.168 e. The number of hydrogen-bond donors (Lipinski definition) is 0. The summed E-state index contributed by atoms with van der Waals surface area (Å²) in [6.45, 7) is 7.24. The Morgan fingerprint density at radius 3 is 2.56 bits per heavy atom. The van der Waals surface area contributed by atoms with Crippen LogP contribution < -0.4 is 0 Å². The summed E-state index contributed by atoms with van der Waals surface area (Å²) in [6.07, 6.45) is 5.92. The van der Waals surface area contributed by atoms with Crippen molar-refractivity contribution in [2.24, 2.45) is 0 Å². The van der Waals surface area contributed by atoms with E-state index >= 15 is 0 Å². The van der Waals surface area contributed by atoms with Gasteiger partial charge in [-0.2, -0.15) is 0 Å². The molecule has 2 aromatic heterocycles. The molecule has 0 N–H and O–H groups in total. The average molecular weight is 380 g/mol. The first kappa shape index (κ1) is 19.4. The van der Waals surface area contributed by atoms with Gasteiger partial charge in [0.2, 0.25) is 0 Å². The molecule has 4 nitrogen and oxygen atoms in total. The second kappa shape index (κ2) is 9.00. The number of pyridine rings is 1. The quantitative estimate of drug-likeness (QED) is 0.517. The molecule has 0 bridgehead atoms. The van der Waals surface area contributed by atoms with E-state index < -0.39 is 0 Å². The number of hydrogen-bond acceptors (Lipinski definition) is 4. The molecule has 2 heterocycles. The van der Waals surface area contributed by atoms with E-state index in [2.05, 4.69) is 59.6 Å². The number of thioether (sulfide) groups is 1. The Balaban J connectivity index is 1.63. The lowest BCUT2D eigenvalue weighted by atomic mass is 10.0. The highest BCUT2D eigenvalue weighted by molar-refractivity contribution is 7.99. The molecule has 140 valence electrons. The van der Waals surface area contributed by atoms with Gasteiger partial charge in [-0.25, -0.2) is 4.98 Å². The molecule has 0 amide bonds. The molecule has 5 heteroatoms. The van der Waals surface area contributed by atoms with E-state index in [0.717, 1.165) is 28.5 Å². The Kier molecular flexibility index (Phi) is 6.45. The zero-order chi connectivity index (χ0) is 19.2. The second-order valence-corrected chi connectivity index (χ2v) is 7.75. The van der Waals surface area contributed by atoms with Gasteiger partial charge in [-0.05, 0) is 36.1 Å². The summed E-state index contributed by atoms with van der Waals surface area (Å²) in [5.41, 5.74) is 4.44. The van der Waals surface area contributed by atoms with E-state index in [1.165, 1.54) is 17.3 Å². The van der Waals surface area contributed by atoms with Crippen molar-refractivity contribution in [2.45, 2.75) is 44.8 Å². The van der Waals surface area contributed by atoms with Crippen molar-refractivity contribution in [1.82, 2.24) is 14.5 Å². The summed E-state index contributed by atoms with van der Waals surface area (Å²) in [4.78, 5) is 21.1. The van der Waals surface area contributed by atoms with E-state index in [4.69, 9.17) is 0 Å². The minimum atomic E-state index is 0.214. The monoisotopic (exact) mass is 379 g/mol. The highest BCUT2D eigenvalue weighted by Crippen LogP contribution is 2.26. The average Bonchev–Trinajstić information content (AvgIpc) is 3.10. The predicted octanol–water partition coefficient (Wildman–Crippen LogP) is 4.99. The van der Waals surface area contributed by atoms with Crippen LogP contribution in [0.2, 0.25) is 0 Å². The van der Waals surface area contributed by atoms with Crippen LogP contribution in [0.1, 0.15) is 37.8 Å². The fourth-order valence-electron chi connectivity index (χ4n) is 2.97. The van der Waals surface area contributed by atoms with Gasteiger partial charge in [0.05, 0.1) is 17.6 Å². The van der Waals surface area contributed by atoms with Gasteiger partial charge in [0, 0.05) is 30.9 Å². The first-order valence-electron chi connectivity index (χ1n) is 9.27. The molecule has 1 aromatic carbocycles. The third-order valence-corrected chi connectivity index (χ3v) is 5.55. The number of carbonyl (C=O) groups is 1. The van der Waals surface area contributed by atoms with Crippen molar-refractivity contribution < 1.29 is 4.79 Å². The van der Waals surface area contributed by atoms with Gasteiger partial charge < -0.3 is 4.57 Å². The van der Waals surface area contributed by atoms with Gasteiger partial charge >= 0.3 is 0 Å². The number of nitrogens with zero attached hydrogens (tertiary/aromatic N) is 3. The van der Waals surface area contributed by atoms with E-state index in [-0.39, 0.29) is 5.78 Å². The van der Waals surface area contributed by atoms with Crippen LogP contribution >= 0.6 is 11.8 Å². The van der Waals surface area contributed by atoms with Crippen molar-refractivity contribution in [3.05, 3.63) is 66.1 Å². The standard InChI is InChI=1S/C22H25N3OS/c1-4-25-21(19-6-5-11-23-13-19)14-24-22(25)27-15-20(26)12-17-7-9-18(10-8-17)16(2)3/h5-11,13-14,16H,4,12,15H2,1-3H3. The van der Waals surface area contributed by atoms with Crippen LogP contribution in [0.15, 0.2) is 60.1 Å². The molecule has 0 aliphatic carbocycles. The summed E-state index contributed by atoms with van der Waals surface area (Å²) in [7, 11) is 0. The fourth-order valence-corrected chi connectivity index (χ4v) is 3.87. The lowest BCUT2D eigenvalue weighted by molar-refractivity contribution is -0.116. The normalized spacial score (nSPS) is 11.1. The number of Topliss-reactive ketones (excluding diaryl/α,β-unsaturated/α-hetero) is 1. The topological polar surface area (TPSA) is 47.8 Å². The molecule has 3 rings (SSSR count). The Bertz CT molecular complexity index is 886. The summed E-state index contributed by atoms with van der Waals surface area (Å²) in [5, 5.41) is 0.875. The molecule has 0 aliphatic heterocycles. The number of carbonyl (C=O) groups excluding carboxylic acids is 1. The van der Waals surface area contributed by atoms with Crippen LogP contribution in [-0.4, -0.2) is 26.1 Å². The number of benzene rings is 1.